The lowest BCUT2D eigenvalue weighted by atomic mass is 9.97. The molecule has 2 aromatic heterocycles. The molecule has 2 aromatic rings. The zero-order valence-electron chi connectivity index (χ0n) is 12.3. The van der Waals surface area contributed by atoms with Crippen LogP contribution in [0.4, 0.5) is 0 Å². The molecule has 8 nitrogen and oxygen atoms in total. The molecule has 0 bridgehead atoms. The SMILES string of the molecule is Cc1cnc(-c2nnnn2CC(CC(C)C)C(=O)O)cn1. The quantitative estimate of drug-likeness (QED) is 0.851. The van der Waals surface area contributed by atoms with Crippen molar-refractivity contribution >= 4 is 5.97 Å². The highest BCUT2D eigenvalue weighted by Gasteiger charge is 2.22. The molecule has 0 saturated carbocycles. The summed E-state index contributed by atoms with van der Waals surface area (Å²) in [4.78, 5) is 19.7. The summed E-state index contributed by atoms with van der Waals surface area (Å²) >= 11 is 0. The number of nitrogens with zero attached hydrogens (tertiary/aromatic N) is 6. The molecule has 0 saturated heterocycles. The first-order valence-electron chi connectivity index (χ1n) is 6.75. The highest BCUT2D eigenvalue weighted by molar-refractivity contribution is 5.70. The fourth-order valence-corrected chi connectivity index (χ4v) is 2.05. The van der Waals surface area contributed by atoms with Gasteiger partial charge in [-0.2, -0.15) is 0 Å². The van der Waals surface area contributed by atoms with Crippen LogP contribution in [0.25, 0.3) is 11.5 Å². The largest absolute Gasteiger partial charge is 0.481 e. The van der Waals surface area contributed by atoms with Crippen molar-refractivity contribution in [3.05, 3.63) is 18.1 Å². The van der Waals surface area contributed by atoms with Crippen LogP contribution in [0.3, 0.4) is 0 Å². The first-order valence-corrected chi connectivity index (χ1v) is 6.75. The molecule has 0 aromatic carbocycles. The van der Waals surface area contributed by atoms with Crippen molar-refractivity contribution in [2.24, 2.45) is 11.8 Å². The summed E-state index contributed by atoms with van der Waals surface area (Å²) in [5.41, 5.74) is 1.32. The molecule has 0 radical (unpaired) electrons. The molecule has 1 N–H and O–H groups in total. The second-order valence-corrected chi connectivity index (χ2v) is 5.39. The highest BCUT2D eigenvalue weighted by atomic mass is 16.4. The topological polar surface area (TPSA) is 107 Å². The Morgan fingerprint density at radius 1 is 1.33 bits per heavy atom. The van der Waals surface area contributed by atoms with Gasteiger partial charge >= 0.3 is 5.97 Å². The number of hydrogen-bond acceptors (Lipinski definition) is 6. The van der Waals surface area contributed by atoms with E-state index >= 15 is 0 Å². The van der Waals surface area contributed by atoms with Gasteiger partial charge in [-0.3, -0.25) is 9.78 Å². The number of tetrazole rings is 1. The minimum atomic E-state index is -0.847. The normalized spacial score (nSPS) is 12.6. The van der Waals surface area contributed by atoms with Gasteiger partial charge in [0.15, 0.2) is 0 Å². The van der Waals surface area contributed by atoms with Gasteiger partial charge in [-0.1, -0.05) is 13.8 Å². The predicted molar refractivity (Wildman–Crippen MR) is 74.2 cm³/mol. The van der Waals surface area contributed by atoms with E-state index in [4.69, 9.17) is 0 Å². The molecule has 2 rings (SSSR count). The second-order valence-electron chi connectivity index (χ2n) is 5.39. The maximum atomic E-state index is 11.3. The van der Waals surface area contributed by atoms with E-state index < -0.39 is 11.9 Å². The van der Waals surface area contributed by atoms with Crippen LogP contribution in [-0.2, 0) is 11.3 Å². The number of rotatable bonds is 6. The van der Waals surface area contributed by atoms with Gasteiger partial charge in [-0.25, -0.2) is 9.67 Å². The average Bonchev–Trinajstić information content (AvgIpc) is 2.86. The summed E-state index contributed by atoms with van der Waals surface area (Å²) in [5, 5.41) is 20.7. The zero-order valence-corrected chi connectivity index (χ0v) is 12.3. The maximum Gasteiger partial charge on any atom is 0.308 e. The Labute approximate surface area is 122 Å². The van der Waals surface area contributed by atoms with Crippen molar-refractivity contribution in [2.75, 3.05) is 0 Å². The number of carboxylic acid groups (broad SMARTS) is 1. The lowest BCUT2D eigenvalue weighted by Gasteiger charge is -2.14. The molecule has 0 aliphatic carbocycles. The first-order chi connectivity index (χ1) is 9.97. The molecule has 0 spiro atoms. The predicted octanol–water partition coefficient (Wildman–Crippen LogP) is 1.19. The first kappa shape index (κ1) is 15.0. The molecule has 1 unspecified atom stereocenters. The van der Waals surface area contributed by atoms with Crippen LogP contribution in [0.2, 0.25) is 0 Å². The number of aromatic nitrogens is 6. The van der Waals surface area contributed by atoms with Gasteiger partial charge in [0.05, 0.1) is 24.4 Å². The van der Waals surface area contributed by atoms with E-state index in [2.05, 4.69) is 25.5 Å². The second kappa shape index (κ2) is 6.38. The lowest BCUT2D eigenvalue weighted by Crippen LogP contribution is -2.23. The van der Waals surface area contributed by atoms with Crippen molar-refractivity contribution < 1.29 is 9.90 Å². The van der Waals surface area contributed by atoms with Crippen LogP contribution >= 0.6 is 0 Å². The maximum absolute atomic E-state index is 11.3. The van der Waals surface area contributed by atoms with Gasteiger partial charge in [0.25, 0.3) is 0 Å². The summed E-state index contributed by atoms with van der Waals surface area (Å²) < 4.78 is 1.47. The Kier molecular flexibility index (Phi) is 4.56. The molecular formula is C13H18N6O2. The molecule has 8 heteroatoms. The van der Waals surface area contributed by atoms with E-state index in [1.54, 1.807) is 12.4 Å². The fourth-order valence-electron chi connectivity index (χ4n) is 2.05. The van der Waals surface area contributed by atoms with Crippen LogP contribution in [-0.4, -0.2) is 41.3 Å². The molecule has 0 fully saturated rings. The van der Waals surface area contributed by atoms with Gasteiger partial charge in [0, 0.05) is 6.20 Å². The minimum absolute atomic E-state index is 0.214. The molecule has 0 aliphatic rings. The van der Waals surface area contributed by atoms with E-state index in [0.717, 1.165) is 5.69 Å². The van der Waals surface area contributed by atoms with Crippen LogP contribution in [0, 0.1) is 18.8 Å². The monoisotopic (exact) mass is 290 g/mol. The molecular weight excluding hydrogens is 272 g/mol. The number of carboxylic acids is 1. The standard InChI is InChI=1S/C13H18N6O2/c1-8(2)4-10(13(20)21)7-19-12(16-17-18-19)11-6-14-9(3)5-15-11/h5-6,8,10H,4,7H2,1-3H3,(H,20,21). The molecule has 112 valence electrons. The van der Waals surface area contributed by atoms with Crippen molar-refractivity contribution in [2.45, 2.75) is 33.7 Å². The van der Waals surface area contributed by atoms with Crippen LogP contribution in [0.15, 0.2) is 12.4 Å². The smallest absolute Gasteiger partial charge is 0.308 e. The van der Waals surface area contributed by atoms with Crippen LogP contribution < -0.4 is 0 Å². The highest BCUT2D eigenvalue weighted by Crippen LogP contribution is 2.17. The molecule has 2 heterocycles. The van der Waals surface area contributed by atoms with E-state index in [9.17, 15) is 9.90 Å². The van der Waals surface area contributed by atoms with Gasteiger partial charge in [-0.15, -0.1) is 5.10 Å². The van der Waals surface area contributed by atoms with Crippen molar-refractivity contribution in [1.29, 1.82) is 0 Å². The van der Waals surface area contributed by atoms with Crippen molar-refractivity contribution in [1.82, 2.24) is 30.2 Å². The van der Waals surface area contributed by atoms with E-state index in [-0.39, 0.29) is 12.5 Å². The molecule has 0 aliphatic heterocycles. The third-order valence-electron chi connectivity index (χ3n) is 3.04. The third-order valence-corrected chi connectivity index (χ3v) is 3.04. The van der Waals surface area contributed by atoms with Gasteiger partial charge in [-0.05, 0) is 29.7 Å². The average molecular weight is 290 g/mol. The fraction of sp³-hybridized carbons (Fsp3) is 0.538. The van der Waals surface area contributed by atoms with Crippen molar-refractivity contribution in [3.63, 3.8) is 0 Å². The van der Waals surface area contributed by atoms with Crippen molar-refractivity contribution in [3.8, 4) is 11.5 Å². The Morgan fingerprint density at radius 2 is 2.10 bits per heavy atom. The van der Waals surface area contributed by atoms with E-state index in [1.165, 1.54) is 4.68 Å². The minimum Gasteiger partial charge on any atom is -0.481 e. The summed E-state index contributed by atoms with van der Waals surface area (Å²) in [6.45, 7) is 6.03. The van der Waals surface area contributed by atoms with Gasteiger partial charge in [0.1, 0.15) is 5.69 Å². The number of aliphatic carboxylic acids is 1. The third kappa shape index (κ3) is 3.80. The summed E-state index contributed by atoms with van der Waals surface area (Å²) in [5.74, 6) is -0.673. The Bertz CT molecular complexity index is 607. The van der Waals surface area contributed by atoms with Gasteiger partial charge in [0.2, 0.25) is 5.82 Å². The Hall–Kier alpha value is -2.38. The Morgan fingerprint density at radius 3 is 2.67 bits per heavy atom. The number of hydrogen-bond donors (Lipinski definition) is 1. The molecule has 1 atom stereocenters. The molecule has 21 heavy (non-hydrogen) atoms. The summed E-state index contributed by atoms with van der Waals surface area (Å²) in [6.07, 6.45) is 3.76. The zero-order chi connectivity index (χ0) is 15.4. The molecule has 0 amide bonds. The van der Waals surface area contributed by atoms with Gasteiger partial charge < -0.3 is 5.11 Å². The summed E-state index contributed by atoms with van der Waals surface area (Å²) in [6, 6.07) is 0. The van der Waals surface area contributed by atoms with E-state index in [1.807, 2.05) is 20.8 Å². The van der Waals surface area contributed by atoms with Crippen LogP contribution in [0.1, 0.15) is 26.0 Å². The Balaban J connectivity index is 2.23. The lowest BCUT2D eigenvalue weighted by molar-refractivity contribution is -0.142. The number of carbonyl (C=O) groups is 1. The van der Waals surface area contributed by atoms with E-state index in [0.29, 0.717) is 17.9 Å². The van der Waals surface area contributed by atoms with Crippen LogP contribution in [0.5, 0.6) is 0 Å². The summed E-state index contributed by atoms with van der Waals surface area (Å²) in [7, 11) is 0. The number of aryl methyl sites for hydroxylation is 1.